The first-order chi connectivity index (χ1) is 9.09. The van der Waals surface area contributed by atoms with Crippen molar-refractivity contribution in [2.45, 2.75) is 51.2 Å². The lowest BCUT2D eigenvalue weighted by Crippen LogP contribution is -2.33. The SMILES string of the molecule is CC1CCCCC[C@H](N)C(=O)O1.Oc1ccccc1. The summed E-state index contributed by atoms with van der Waals surface area (Å²) in [5.41, 5.74) is 5.60. The van der Waals surface area contributed by atoms with Gasteiger partial charge in [0.15, 0.2) is 0 Å². The number of carbonyl (C=O) groups excluding carboxylic acids is 1. The predicted octanol–water partition coefficient (Wildman–Crippen LogP) is 2.60. The van der Waals surface area contributed by atoms with Gasteiger partial charge in [-0.2, -0.15) is 0 Å². The number of cyclic esters (lactones) is 1. The Morgan fingerprint density at radius 2 is 1.79 bits per heavy atom. The van der Waals surface area contributed by atoms with Crippen molar-refractivity contribution < 1.29 is 14.6 Å². The third-order valence-corrected chi connectivity index (χ3v) is 3.00. The molecule has 1 saturated heterocycles. The van der Waals surface area contributed by atoms with E-state index in [-0.39, 0.29) is 12.1 Å². The third-order valence-electron chi connectivity index (χ3n) is 3.00. The van der Waals surface area contributed by atoms with Crippen LogP contribution in [0.2, 0.25) is 0 Å². The summed E-state index contributed by atoms with van der Waals surface area (Å²) in [5, 5.41) is 8.63. The zero-order valence-corrected chi connectivity index (χ0v) is 11.4. The van der Waals surface area contributed by atoms with Crippen LogP contribution < -0.4 is 5.73 Å². The van der Waals surface area contributed by atoms with Gasteiger partial charge < -0.3 is 15.6 Å². The van der Waals surface area contributed by atoms with E-state index in [2.05, 4.69) is 0 Å². The fourth-order valence-corrected chi connectivity index (χ4v) is 1.86. The van der Waals surface area contributed by atoms with Crippen molar-refractivity contribution >= 4 is 5.97 Å². The minimum atomic E-state index is -0.398. The monoisotopic (exact) mass is 265 g/mol. The van der Waals surface area contributed by atoms with Crippen LogP contribution in [0.1, 0.15) is 39.0 Å². The van der Waals surface area contributed by atoms with Gasteiger partial charge in [0.1, 0.15) is 11.8 Å². The first-order valence-electron chi connectivity index (χ1n) is 6.79. The molecule has 106 valence electrons. The van der Waals surface area contributed by atoms with Gasteiger partial charge >= 0.3 is 5.97 Å². The van der Waals surface area contributed by atoms with Crippen LogP contribution in [-0.4, -0.2) is 23.2 Å². The molecule has 0 bridgehead atoms. The number of para-hydroxylation sites is 1. The number of ether oxygens (including phenoxy) is 1. The number of nitrogens with two attached hydrogens (primary N) is 1. The number of phenolic OH excluding ortho intramolecular Hbond substituents is 1. The molecule has 1 aromatic rings. The molecule has 2 rings (SSSR count). The average molecular weight is 265 g/mol. The zero-order valence-electron chi connectivity index (χ0n) is 11.4. The van der Waals surface area contributed by atoms with Crippen LogP contribution in [0.15, 0.2) is 30.3 Å². The van der Waals surface area contributed by atoms with E-state index in [9.17, 15) is 4.79 Å². The Labute approximate surface area is 114 Å². The van der Waals surface area contributed by atoms with E-state index in [1.807, 2.05) is 13.0 Å². The van der Waals surface area contributed by atoms with E-state index < -0.39 is 6.04 Å². The lowest BCUT2D eigenvalue weighted by Gasteiger charge is -2.13. The minimum Gasteiger partial charge on any atom is -0.508 e. The number of hydrogen-bond donors (Lipinski definition) is 2. The molecule has 1 aliphatic heterocycles. The maximum atomic E-state index is 11.2. The van der Waals surface area contributed by atoms with Crippen LogP contribution in [0.25, 0.3) is 0 Å². The Hall–Kier alpha value is -1.55. The third kappa shape index (κ3) is 6.82. The normalized spacial score (nSPS) is 24.0. The summed E-state index contributed by atoms with van der Waals surface area (Å²) in [6.45, 7) is 1.93. The fourth-order valence-electron chi connectivity index (χ4n) is 1.86. The Morgan fingerprint density at radius 1 is 1.16 bits per heavy atom. The van der Waals surface area contributed by atoms with Crippen molar-refractivity contribution in [2.75, 3.05) is 0 Å². The summed E-state index contributed by atoms with van der Waals surface area (Å²) >= 11 is 0. The van der Waals surface area contributed by atoms with Crippen LogP contribution >= 0.6 is 0 Å². The van der Waals surface area contributed by atoms with Gasteiger partial charge in [0.05, 0.1) is 6.10 Å². The molecule has 0 radical (unpaired) electrons. The fraction of sp³-hybridized carbons (Fsp3) is 0.533. The summed E-state index contributed by atoms with van der Waals surface area (Å²) in [7, 11) is 0. The second-order valence-corrected chi connectivity index (χ2v) is 4.83. The molecule has 4 nitrogen and oxygen atoms in total. The van der Waals surface area contributed by atoms with Crippen molar-refractivity contribution in [1.82, 2.24) is 0 Å². The van der Waals surface area contributed by atoms with Gasteiger partial charge in [0.25, 0.3) is 0 Å². The van der Waals surface area contributed by atoms with E-state index in [0.29, 0.717) is 5.75 Å². The molecule has 0 amide bonds. The van der Waals surface area contributed by atoms with E-state index in [4.69, 9.17) is 15.6 Å². The molecule has 1 aromatic carbocycles. The molecule has 19 heavy (non-hydrogen) atoms. The van der Waals surface area contributed by atoms with Crippen molar-refractivity contribution in [2.24, 2.45) is 5.73 Å². The molecule has 2 atom stereocenters. The zero-order chi connectivity index (χ0) is 14.1. The number of rotatable bonds is 0. The van der Waals surface area contributed by atoms with Gasteiger partial charge in [0.2, 0.25) is 0 Å². The van der Waals surface area contributed by atoms with Gasteiger partial charge in [-0.05, 0) is 38.3 Å². The summed E-state index contributed by atoms with van der Waals surface area (Å²) in [5.74, 6) is 0.0897. The molecule has 1 unspecified atom stereocenters. The van der Waals surface area contributed by atoms with Crippen LogP contribution in [0.4, 0.5) is 0 Å². The lowest BCUT2D eigenvalue weighted by molar-refractivity contribution is -0.150. The summed E-state index contributed by atoms with van der Waals surface area (Å²) in [4.78, 5) is 11.2. The van der Waals surface area contributed by atoms with Crippen molar-refractivity contribution in [3.8, 4) is 5.75 Å². The number of carbonyl (C=O) groups is 1. The Kier molecular flexibility index (Phi) is 6.97. The summed E-state index contributed by atoms with van der Waals surface area (Å²) < 4.78 is 5.12. The summed E-state index contributed by atoms with van der Waals surface area (Å²) in [6.07, 6.45) is 5.13. The van der Waals surface area contributed by atoms with Crippen LogP contribution in [0.5, 0.6) is 5.75 Å². The second kappa shape index (κ2) is 8.53. The Bertz CT molecular complexity index is 367. The first-order valence-corrected chi connectivity index (χ1v) is 6.79. The van der Waals surface area contributed by atoms with E-state index in [0.717, 1.165) is 32.1 Å². The van der Waals surface area contributed by atoms with Gasteiger partial charge in [-0.25, -0.2) is 0 Å². The maximum absolute atomic E-state index is 11.2. The highest BCUT2D eigenvalue weighted by atomic mass is 16.5. The molecule has 0 aliphatic carbocycles. The number of hydrogen-bond acceptors (Lipinski definition) is 4. The van der Waals surface area contributed by atoms with E-state index >= 15 is 0 Å². The molecule has 0 spiro atoms. The van der Waals surface area contributed by atoms with Crippen LogP contribution in [0.3, 0.4) is 0 Å². The second-order valence-electron chi connectivity index (χ2n) is 4.83. The first kappa shape index (κ1) is 15.5. The highest BCUT2D eigenvalue weighted by Crippen LogP contribution is 2.13. The molecule has 3 N–H and O–H groups in total. The number of aromatic hydroxyl groups is 1. The van der Waals surface area contributed by atoms with Gasteiger partial charge in [0, 0.05) is 0 Å². The van der Waals surface area contributed by atoms with Gasteiger partial charge in [-0.3, -0.25) is 4.79 Å². The van der Waals surface area contributed by atoms with Gasteiger partial charge in [-0.1, -0.05) is 31.0 Å². The number of benzene rings is 1. The molecule has 4 heteroatoms. The molecule has 1 aliphatic rings. The van der Waals surface area contributed by atoms with Crippen LogP contribution in [0, 0.1) is 0 Å². The smallest absolute Gasteiger partial charge is 0.323 e. The Balaban J connectivity index is 0.000000218. The lowest BCUT2D eigenvalue weighted by atomic mass is 10.1. The van der Waals surface area contributed by atoms with Crippen molar-refractivity contribution in [1.29, 1.82) is 0 Å². The molecular weight excluding hydrogens is 242 g/mol. The highest BCUT2D eigenvalue weighted by Gasteiger charge is 2.18. The predicted molar refractivity (Wildman–Crippen MR) is 74.7 cm³/mol. The number of phenols is 1. The number of esters is 1. The molecule has 0 saturated carbocycles. The van der Waals surface area contributed by atoms with E-state index in [1.54, 1.807) is 24.3 Å². The maximum Gasteiger partial charge on any atom is 0.323 e. The standard InChI is InChI=1S/C9H17NO2.C6H6O/c1-7-5-3-2-4-6-8(10)9(11)12-7;7-6-4-2-1-3-5-6/h7-8H,2-6,10H2,1H3;1-5,7H/t7?,8-;/m0./s1. The van der Waals surface area contributed by atoms with Crippen LogP contribution in [-0.2, 0) is 9.53 Å². The van der Waals surface area contributed by atoms with E-state index in [1.165, 1.54) is 0 Å². The topological polar surface area (TPSA) is 72.6 Å². The molecular formula is C15H23NO3. The largest absolute Gasteiger partial charge is 0.508 e. The highest BCUT2D eigenvalue weighted by molar-refractivity contribution is 5.75. The minimum absolute atomic E-state index is 0.0432. The van der Waals surface area contributed by atoms with Crippen molar-refractivity contribution in [3.63, 3.8) is 0 Å². The average Bonchev–Trinajstić information content (AvgIpc) is 2.45. The van der Waals surface area contributed by atoms with Gasteiger partial charge in [-0.15, -0.1) is 0 Å². The summed E-state index contributed by atoms with van der Waals surface area (Å²) in [6, 6.07) is 8.32. The molecule has 1 fully saturated rings. The van der Waals surface area contributed by atoms with Crippen molar-refractivity contribution in [3.05, 3.63) is 30.3 Å². The quantitative estimate of drug-likeness (QED) is 0.707. The Morgan fingerprint density at radius 3 is 2.37 bits per heavy atom. The molecule has 0 aromatic heterocycles. The molecule has 1 heterocycles.